The van der Waals surface area contributed by atoms with Crippen LogP contribution in [0, 0.1) is 5.92 Å². The molecule has 1 aromatic rings. The maximum Gasteiger partial charge on any atom is 0.0469 e. The first-order chi connectivity index (χ1) is 8.34. The van der Waals surface area contributed by atoms with Crippen LogP contribution in [0.15, 0.2) is 18.2 Å². The van der Waals surface area contributed by atoms with Crippen molar-refractivity contribution >= 4 is 11.4 Å². The van der Waals surface area contributed by atoms with Gasteiger partial charge in [-0.3, -0.25) is 0 Å². The molecule has 0 bridgehead atoms. The molecule has 0 radical (unpaired) electrons. The molecule has 3 rings (SSSR count). The van der Waals surface area contributed by atoms with E-state index in [1.54, 1.807) is 0 Å². The van der Waals surface area contributed by atoms with Gasteiger partial charge in [0, 0.05) is 43.2 Å². The van der Waals surface area contributed by atoms with E-state index in [9.17, 15) is 0 Å². The standard InChI is InChI=1S/C14H20N2O/c15-13-2-1-3-14-12(13)4-7-16(14)10-11-5-8-17-9-6-11/h1-3,11H,4-10,15H2. The summed E-state index contributed by atoms with van der Waals surface area (Å²) in [5, 5.41) is 0. The fraction of sp³-hybridized carbons (Fsp3) is 0.571. The number of nitrogens with two attached hydrogens (primary N) is 1. The molecule has 2 N–H and O–H groups in total. The summed E-state index contributed by atoms with van der Waals surface area (Å²) >= 11 is 0. The topological polar surface area (TPSA) is 38.5 Å². The van der Waals surface area contributed by atoms with Gasteiger partial charge in [-0.1, -0.05) is 6.07 Å². The first kappa shape index (κ1) is 10.9. The predicted octanol–water partition coefficient (Wildman–Crippen LogP) is 2.06. The summed E-state index contributed by atoms with van der Waals surface area (Å²) in [6.07, 6.45) is 3.51. The molecule has 2 aliphatic rings. The molecular weight excluding hydrogens is 212 g/mol. The number of hydrogen-bond acceptors (Lipinski definition) is 3. The van der Waals surface area contributed by atoms with Gasteiger partial charge in [0.1, 0.15) is 0 Å². The van der Waals surface area contributed by atoms with Crippen LogP contribution in [0.25, 0.3) is 0 Å². The van der Waals surface area contributed by atoms with Gasteiger partial charge in [-0.05, 0) is 37.3 Å². The molecule has 0 aromatic heterocycles. The Hall–Kier alpha value is -1.22. The maximum atomic E-state index is 6.02. The molecule has 0 saturated carbocycles. The number of benzene rings is 1. The van der Waals surface area contributed by atoms with Crippen molar-refractivity contribution in [3.05, 3.63) is 23.8 Å². The molecule has 0 unspecified atom stereocenters. The first-order valence-electron chi connectivity index (χ1n) is 6.54. The minimum Gasteiger partial charge on any atom is -0.398 e. The Balaban J connectivity index is 1.72. The zero-order chi connectivity index (χ0) is 11.7. The minimum atomic E-state index is 0.788. The Bertz CT molecular complexity index is 399. The average Bonchev–Trinajstić information content (AvgIpc) is 2.76. The Kier molecular flexibility index (Phi) is 2.93. The number of fused-ring (bicyclic) bond motifs is 1. The first-order valence-corrected chi connectivity index (χ1v) is 6.54. The molecule has 92 valence electrons. The van der Waals surface area contributed by atoms with Crippen molar-refractivity contribution in [2.24, 2.45) is 5.92 Å². The van der Waals surface area contributed by atoms with Gasteiger partial charge < -0.3 is 15.4 Å². The molecule has 2 heterocycles. The van der Waals surface area contributed by atoms with Crippen LogP contribution in [-0.4, -0.2) is 26.3 Å². The number of rotatable bonds is 2. The summed E-state index contributed by atoms with van der Waals surface area (Å²) in [4.78, 5) is 2.50. The molecule has 1 saturated heterocycles. The zero-order valence-electron chi connectivity index (χ0n) is 10.2. The molecular formula is C14H20N2O. The fourth-order valence-corrected chi connectivity index (χ4v) is 2.96. The lowest BCUT2D eigenvalue weighted by atomic mass is 10.00. The van der Waals surface area contributed by atoms with Crippen molar-refractivity contribution in [1.29, 1.82) is 0 Å². The third-order valence-corrected chi connectivity index (χ3v) is 3.98. The summed E-state index contributed by atoms with van der Waals surface area (Å²) < 4.78 is 5.41. The van der Waals surface area contributed by atoms with Crippen molar-refractivity contribution in [3.8, 4) is 0 Å². The monoisotopic (exact) mass is 232 g/mol. The molecule has 0 aliphatic carbocycles. The third-order valence-electron chi connectivity index (χ3n) is 3.98. The minimum absolute atomic E-state index is 0.788. The van der Waals surface area contributed by atoms with Gasteiger partial charge in [0.25, 0.3) is 0 Å². The van der Waals surface area contributed by atoms with Gasteiger partial charge >= 0.3 is 0 Å². The lowest BCUT2D eigenvalue weighted by molar-refractivity contribution is 0.0683. The highest BCUT2D eigenvalue weighted by Crippen LogP contribution is 2.33. The maximum absolute atomic E-state index is 6.02. The summed E-state index contributed by atoms with van der Waals surface area (Å²) in [7, 11) is 0. The number of hydrogen-bond donors (Lipinski definition) is 1. The molecule has 1 fully saturated rings. The molecule has 17 heavy (non-hydrogen) atoms. The van der Waals surface area contributed by atoms with Gasteiger partial charge in [0.15, 0.2) is 0 Å². The van der Waals surface area contributed by atoms with Crippen LogP contribution in [0.5, 0.6) is 0 Å². The zero-order valence-corrected chi connectivity index (χ0v) is 10.2. The normalized spacial score (nSPS) is 20.6. The van der Waals surface area contributed by atoms with Crippen LogP contribution in [-0.2, 0) is 11.2 Å². The Morgan fingerprint density at radius 3 is 2.94 bits per heavy atom. The van der Waals surface area contributed by atoms with Gasteiger partial charge in [-0.15, -0.1) is 0 Å². The van der Waals surface area contributed by atoms with Crippen LogP contribution in [0.2, 0.25) is 0 Å². The van der Waals surface area contributed by atoms with E-state index in [2.05, 4.69) is 17.0 Å². The lowest BCUT2D eigenvalue weighted by Gasteiger charge is -2.28. The van der Waals surface area contributed by atoms with Gasteiger partial charge in [0.05, 0.1) is 0 Å². The highest BCUT2D eigenvalue weighted by molar-refractivity contribution is 5.68. The predicted molar refractivity (Wildman–Crippen MR) is 70.3 cm³/mol. The third kappa shape index (κ3) is 2.12. The van der Waals surface area contributed by atoms with E-state index in [-0.39, 0.29) is 0 Å². The fourth-order valence-electron chi connectivity index (χ4n) is 2.96. The Morgan fingerprint density at radius 1 is 1.29 bits per heavy atom. The van der Waals surface area contributed by atoms with Crippen LogP contribution in [0.4, 0.5) is 11.4 Å². The second-order valence-corrected chi connectivity index (χ2v) is 5.10. The molecule has 3 nitrogen and oxygen atoms in total. The molecule has 0 spiro atoms. The SMILES string of the molecule is Nc1cccc2c1CCN2CC1CCOCC1. The van der Waals surface area contributed by atoms with Crippen LogP contribution >= 0.6 is 0 Å². The molecule has 0 atom stereocenters. The van der Waals surface area contributed by atoms with Crippen molar-refractivity contribution in [1.82, 2.24) is 0 Å². The molecule has 0 amide bonds. The van der Waals surface area contributed by atoms with E-state index < -0.39 is 0 Å². The smallest absolute Gasteiger partial charge is 0.0469 e. The number of nitrogen functional groups attached to an aromatic ring is 1. The van der Waals surface area contributed by atoms with E-state index >= 15 is 0 Å². The van der Waals surface area contributed by atoms with E-state index in [1.807, 2.05) is 6.07 Å². The van der Waals surface area contributed by atoms with Crippen LogP contribution < -0.4 is 10.6 Å². The Labute approximate surface area is 103 Å². The van der Waals surface area contributed by atoms with Crippen molar-refractivity contribution < 1.29 is 4.74 Å². The number of nitrogens with zero attached hydrogens (tertiary/aromatic N) is 1. The van der Waals surface area contributed by atoms with Crippen molar-refractivity contribution in [2.45, 2.75) is 19.3 Å². The summed E-state index contributed by atoms with van der Waals surface area (Å²) in [6.45, 7) is 4.16. The van der Waals surface area contributed by atoms with Gasteiger partial charge in [-0.25, -0.2) is 0 Å². The summed E-state index contributed by atoms with van der Waals surface area (Å²) in [5.74, 6) is 0.788. The lowest BCUT2D eigenvalue weighted by Crippen LogP contribution is -2.31. The van der Waals surface area contributed by atoms with E-state index in [0.717, 1.165) is 37.8 Å². The second-order valence-electron chi connectivity index (χ2n) is 5.10. The van der Waals surface area contributed by atoms with Gasteiger partial charge in [0.2, 0.25) is 0 Å². The molecule has 1 aromatic carbocycles. The summed E-state index contributed by atoms with van der Waals surface area (Å²) in [6, 6.07) is 6.28. The van der Waals surface area contributed by atoms with E-state index in [0.29, 0.717) is 0 Å². The summed E-state index contributed by atoms with van der Waals surface area (Å²) in [5.41, 5.74) is 9.68. The second kappa shape index (κ2) is 4.57. The van der Waals surface area contributed by atoms with Crippen molar-refractivity contribution in [2.75, 3.05) is 36.9 Å². The van der Waals surface area contributed by atoms with Crippen LogP contribution in [0.1, 0.15) is 18.4 Å². The quantitative estimate of drug-likeness (QED) is 0.793. The highest BCUT2D eigenvalue weighted by Gasteiger charge is 2.24. The van der Waals surface area contributed by atoms with Crippen molar-refractivity contribution in [3.63, 3.8) is 0 Å². The highest BCUT2D eigenvalue weighted by atomic mass is 16.5. The molecule has 3 heteroatoms. The van der Waals surface area contributed by atoms with Gasteiger partial charge in [-0.2, -0.15) is 0 Å². The number of anilines is 2. The average molecular weight is 232 g/mol. The van der Waals surface area contributed by atoms with E-state index in [4.69, 9.17) is 10.5 Å². The number of ether oxygens (including phenoxy) is 1. The Morgan fingerprint density at radius 2 is 2.12 bits per heavy atom. The molecule has 2 aliphatic heterocycles. The largest absolute Gasteiger partial charge is 0.398 e. The van der Waals surface area contributed by atoms with Crippen LogP contribution in [0.3, 0.4) is 0 Å². The van der Waals surface area contributed by atoms with E-state index in [1.165, 1.54) is 30.6 Å².